The quantitative estimate of drug-likeness (QED) is 0.805. The minimum Gasteiger partial charge on any atom is -0.349 e. The fraction of sp³-hybridized carbons (Fsp3) is 0.353. The largest absolute Gasteiger partial charge is 0.349 e. The summed E-state index contributed by atoms with van der Waals surface area (Å²) in [6.45, 7) is 2.04. The van der Waals surface area contributed by atoms with E-state index in [1.807, 2.05) is 42.2 Å². The van der Waals surface area contributed by atoms with Crippen LogP contribution in [0.5, 0.6) is 0 Å². The van der Waals surface area contributed by atoms with E-state index in [-0.39, 0.29) is 5.54 Å². The molecule has 22 heavy (non-hydrogen) atoms. The Labute approximate surface area is 128 Å². The van der Waals surface area contributed by atoms with E-state index < -0.39 is 0 Å². The molecule has 3 aliphatic carbocycles. The number of para-hydroxylation sites is 2. The van der Waals surface area contributed by atoms with Gasteiger partial charge in [-0.15, -0.1) is 0 Å². The van der Waals surface area contributed by atoms with E-state index in [0.29, 0.717) is 0 Å². The molecule has 1 aromatic carbocycles. The Bertz CT molecular complexity index is 865. The minimum atomic E-state index is 0.286. The number of nitrogens with zero attached hydrogens (tertiary/aromatic N) is 4. The molecule has 1 N–H and O–H groups in total. The minimum absolute atomic E-state index is 0.286. The Balaban J connectivity index is 1.58. The number of fused-ring (bicyclic) bond motifs is 1. The van der Waals surface area contributed by atoms with E-state index in [0.717, 1.165) is 34.3 Å². The number of hydrogen-bond donors (Lipinski definition) is 1. The summed E-state index contributed by atoms with van der Waals surface area (Å²) in [5.74, 6) is 2.57. The van der Waals surface area contributed by atoms with E-state index >= 15 is 0 Å². The second-order valence-corrected chi connectivity index (χ2v) is 6.69. The van der Waals surface area contributed by atoms with Crippen LogP contribution < -0.4 is 5.32 Å². The van der Waals surface area contributed by atoms with Crippen LogP contribution in [-0.4, -0.2) is 25.1 Å². The van der Waals surface area contributed by atoms with E-state index in [9.17, 15) is 0 Å². The molecule has 2 aromatic heterocycles. The molecule has 0 spiro atoms. The first-order valence-electron chi connectivity index (χ1n) is 7.77. The third-order valence-electron chi connectivity index (χ3n) is 5.04. The Morgan fingerprint density at radius 3 is 2.77 bits per heavy atom. The van der Waals surface area contributed by atoms with Crippen molar-refractivity contribution in [1.29, 1.82) is 0 Å². The molecule has 3 saturated carbocycles. The van der Waals surface area contributed by atoms with Crippen LogP contribution in [0, 0.1) is 12.8 Å². The van der Waals surface area contributed by atoms with Gasteiger partial charge in [0.15, 0.2) is 0 Å². The third-order valence-corrected chi connectivity index (χ3v) is 5.04. The molecular formula is C17H17N5. The van der Waals surface area contributed by atoms with Crippen molar-refractivity contribution >= 4 is 17.0 Å². The van der Waals surface area contributed by atoms with Gasteiger partial charge in [-0.05, 0) is 44.2 Å². The van der Waals surface area contributed by atoms with Crippen molar-refractivity contribution in [3.8, 4) is 5.82 Å². The van der Waals surface area contributed by atoms with Crippen LogP contribution in [0.25, 0.3) is 16.9 Å². The highest BCUT2D eigenvalue weighted by molar-refractivity contribution is 5.77. The summed E-state index contributed by atoms with van der Waals surface area (Å²) in [6.07, 6.45) is 7.55. The second-order valence-electron chi connectivity index (χ2n) is 6.69. The molecule has 110 valence electrons. The number of aromatic nitrogens is 4. The van der Waals surface area contributed by atoms with E-state index in [4.69, 9.17) is 4.98 Å². The topological polar surface area (TPSA) is 55.6 Å². The fourth-order valence-electron chi connectivity index (χ4n) is 3.73. The maximum atomic E-state index is 4.76. The number of imidazole rings is 1. The number of benzene rings is 1. The summed E-state index contributed by atoms with van der Waals surface area (Å²) >= 11 is 0. The van der Waals surface area contributed by atoms with Gasteiger partial charge in [0.05, 0.1) is 11.0 Å². The predicted octanol–water partition coefficient (Wildman–Crippen LogP) is 3.09. The summed E-state index contributed by atoms with van der Waals surface area (Å²) in [6, 6.07) is 8.11. The molecule has 2 heterocycles. The average molecular weight is 291 g/mol. The normalized spacial score (nSPS) is 25.6. The van der Waals surface area contributed by atoms with E-state index in [1.165, 1.54) is 19.3 Å². The molecule has 6 rings (SSSR count). The number of anilines is 1. The van der Waals surface area contributed by atoms with Crippen LogP contribution in [0.4, 0.5) is 5.95 Å². The summed E-state index contributed by atoms with van der Waals surface area (Å²) in [7, 11) is 0. The smallest absolute Gasteiger partial charge is 0.225 e. The van der Waals surface area contributed by atoms with Crippen LogP contribution in [-0.2, 0) is 0 Å². The Morgan fingerprint density at radius 2 is 2.00 bits per heavy atom. The van der Waals surface area contributed by atoms with E-state index in [2.05, 4.69) is 21.4 Å². The van der Waals surface area contributed by atoms with Crippen LogP contribution in [0.2, 0.25) is 0 Å². The first-order chi connectivity index (χ1) is 10.7. The molecular weight excluding hydrogens is 274 g/mol. The number of hydrogen-bond acceptors (Lipinski definition) is 4. The summed E-state index contributed by atoms with van der Waals surface area (Å²) in [5.41, 5.74) is 3.38. The van der Waals surface area contributed by atoms with Crippen LogP contribution in [0.1, 0.15) is 24.8 Å². The second kappa shape index (κ2) is 4.06. The van der Waals surface area contributed by atoms with Crippen molar-refractivity contribution in [3.63, 3.8) is 0 Å². The van der Waals surface area contributed by atoms with Crippen LogP contribution in [0.3, 0.4) is 0 Å². The number of aryl methyl sites for hydroxylation is 1. The van der Waals surface area contributed by atoms with Gasteiger partial charge in [-0.25, -0.2) is 9.97 Å². The van der Waals surface area contributed by atoms with Crippen molar-refractivity contribution in [3.05, 3.63) is 42.4 Å². The molecule has 0 saturated heterocycles. The molecule has 0 amide bonds. The van der Waals surface area contributed by atoms with Gasteiger partial charge in [-0.1, -0.05) is 12.1 Å². The first kappa shape index (κ1) is 12.1. The molecule has 0 unspecified atom stereocenters. The van der Waals surface area contributed by atoms with Gasteiger partial charge in [0.1, 0.15) is 12.1 Å². The van der Waals surface area contributed by atoms with Gasteiger partial charge >= 0.3 is 0 Å². The molecule has 3 aliphatic rings. The molecule has 0 atom stereocenters. The van der Waals surface area contributed by atoms with Gasteiger partial charge in [-0.3, -0.25) is 4.57 Å². The lowest BCUT2D eigenvalue weighted by atomic mass is 9.50. The summed E-state index contributed by atoms with van der Waals surface area (Å²) in [4.78, 5) is 13.7. The Hall–Kier alpha value is -2.43. The highest BCUT2D eigenvalue weighted by atomic mass is 15.2. The molecule has 0 radical (unpaired) electrons. The molecule has 2 bridgehead atoms. The molecule has 3 aromatic rings. The molecule has 3 fully saturated rings. The summed E-state index contributed by atoms with van der Waals surface area (Å²) < 4.78 is 2.04. The monoisotopic (exact) mass is 291 g/mol. The third kappa shape index (κ3) is 1.62. The van der Waals surface area contributed by atoms with Gasteiger partial charge in [0.2, 0.25) is 5.95 Å². The molecule has 5 heteroatoms. The van der Waals surface area contributed by atoms with Crippen LogP contribution in [0.15, 0.2) is 36.8 Å². The maximum absolute atomic E-state index is 4.76. The van der Waals surface area contributed by atoms with Crippen molar-refractivity contribution in [2.45, 2.75) is 31.7 Å². The van der Waals surface area contributed by atoms with Crippen molar-refractivity contribution in [1.82, 2.24) is 19.5 Å². The maximum Gasteiger partial charge on any atom is 0.225 e. The van der Waals surface area contributed by atoms with Crippen LogP contribution >= 0.6 is 0 Å². The SMILES string of the molecule is Cc1cnc(NC23CC(C2)C3)nc1-n1cnc2ccccc21. The van der Waals surface area contributed by atoms with Crippen molar-refractivity contribution < 1.29 is 0 Å². The lowest BCUT2D eigenvalue weighted by molar-refractivity contribution is 0.00146. The van der Waals surface area contributed by atoms with Crippen molar-refractivity contribution in [2.24, 2.45) is 5.92 Å². The number of nitrogens with one attached hydrogen (secondary N) is 1. The average Bonchev–Trinajstić information content (AvgIpc) is 2.87. The predicted molar refractivity (Wildman–Crippen MR) is 85.1 cm³/mol. The fourth-order valence-corrected chi connectivity index (χ4v) is 3.73. The lowest BCUT2D eigenvalue weighted by Gasteiger charge is -2.61. The Kier molecular flexibility index (Phi) is 2.24. The number of rotatable bonds is 3. The highest BCUT2D eigenvalue weighted by Gasteiger charge is 2.57. The zero-order valence-electron chi connectivity index (χ0n) is 12.5. The zero-order valence-corrected chi connectivity index (χ0v) is 12.5. The standard InChI is InChI=1S/C17H17N5/c1-11-9-18-16(21-17-6-12(7-17)8-17)20-15(11)22-10-19-13-4-2-3-5-14(13)22/h2-5,9-10,12H,6-8H2,1H3,(H,18,20,21). The van der Waals surface area contributed by atoms with Crippen molar-refractivity contribution in [2.75, 3.05) is 5.32 Å². The lowest BCUT2D eigenvalue weighted by Crippen LogP contribution is -2.63. The van der Waals surface area contributed by atoms with E-state index in [1.54, 1.807) is 0 Å². The van der Waals surface area contributed by atoms with Gasteiger partial charge in [0, 0.05) is 17.3 Å². The molecule has 0 aliphatic heterocycles. The Morgan fingerprint density at radius 1 is 1.18 bits per heavy atom. The van der Waals surface area contributed by atoms with Gasteiger partial charge in [-0.2, -0.15) is 4.98 Å². The zero-order chi connectivity index (χ0) is 14.7. The van der Waals surface area contributed by atoms with Gasteiger partial charge in [0.25, 0.3) is 0 Å². The highest BCUT2D eigenvalue weighted by Crippen LogP contribution is 2.58. The van der Waals surface area contributed by atoms with Gasteiger partial charge < -0.3 is 5.32 Å². The molecule has 5 nitrogen and oxygen atoms in total. The first-order valence-corrected chi connectivity index (χ1v) is 7.77. The summed E-state index contributed by atoms with van der Waals surface area (Å²) in [5, 5.41) is 3.54.